The third kappa shape index (κ3) is 5.64. The molecule has 0 bridgehead atoms. The normalized spacial score (nSPS) is 17.2. The van der Waals surface area contributed by atoms with Gasteiger partial charge in [-0.25, -0.2) is 23.2 Å². The van der Waals surface area contributed by atoms with Crippen LogP contribution in [0.1, 0.15) is 19.0 Å². The molecule has 1 aromatic heterocycles. The summed E-state index contributed by atoms with van der Waals surface area (Å²) in [6, 6.07) is 8.49. The van der Waals surface area contributed by atoms with Crippen molar-refractivity contribution in [2.75, 3.05) is 36.2 Å². The number of amides is 1. The number of benzene rings is 1. The van der Waals surface area contributed by atoms with E-state index in [0.29, 0.717) is 48.3 Å². The standard InChI is InChI=1S/C19H24N4O5S/c1-3-16-11-28-9-8-23(16)17-10-15(12-29(2,26)27)20-18(22-17)13-4-6-14(7-5-13)21-19(24)25/h4-7,10,16,21H,3,8-9,11-12H2,1-2H3,(H,24,25)/t16-/m0/s1. The van der Waals surface area contributed by atoms with Gasteiger partial charge in [-0.05, 0) is 30.7 Å². The number of rotatable bonds is 6. The molecule has 2 heterocycles. The van der Waals surface area contributed by atoms with E-state index >= 15 is 0 Å². The zero-order valence-corrected chi connectivity index (χ0v) is 17.1. The second-order valence-electron chi connectivity index (χ2n) is 6.95. The summed E-state index contributed by atoms with van der Waals surface area (Å²) in [5.74, 6) is 0.871. The molecular formula is C19H24N4O5S. The van der Waals surface area contributed by atoms with Gasteiger partial charge in [0.2, 0.25) is 0 Å². The first kappa shape index (κ1) is 21.0. The highest BCUT2D eigenvalue weighted by Gasteiger charge is 2.24. The Balaban J connectivity index is 2.01. The number of nitrogens with one attached hydrogen (secondary N) is 1. The number of hydrogen-bond donors (Lipinski definition) is 2. The molecule has 1 fully saturated rings. The van der Waals surface area contributed by atoms with E-state index < -0.39 is 15.9 Å². The van der Waals surface area contributed by atoms with E-state index in [0.717, 1.165) is 6.42 Å². The second kappa shape index (κ2) is 8.75. The molecule has 0 unspecified atom stereocenters. The molecule has 1 amide bonds. The van der Waals surface area contributed by atoms with E-state index in [4.69, 9.17) is 9.84 Å². The highest BCUT2D eigenvalue weighted by Crippen LogP contribution is 2.25. The van der Waals surface area contributed by atoms with Gasteiger partial charge < -0.3 is 14.7 Å². The molecule has 1 atom stereocenters. The van der Waals surface area contributed by atoms with E-state index in [9.17, 15) is 13.2 Å². The molecule has 3 rings (SSSR count). The summed E-state index contributed by atoms with van der Waals surface area (Å²) in [6.45, 7) is 3.90. The zero-order valence-electron chi connectivity index (χ0n) is 16.3. The maximum Gasteiger partial charge on any atom is 0.409 e. The number of carboxylic acid groups (broad SMARTS) is 1. The Kier molecular flexibility index (Phi) is 6.33. The van der Waals surface area contributed by atoms with Gasteiger partial charge in [0.05, 0.1) is 30.7 Å². The van der Waals surface area contributed by atoms with Crippen LogP contribution in [0.3, 0.4) is 0 Å². The molecule has 2 N–H and O–H groups in total. The van der Waals surface area contributed by atoms with E-state index in [1.807, 2.05) is 0 Å². The third-order valence-corrected chi connectivity index (χ3v) is 5.38. The fourth-order valence-electron chi connectivity index (χ4n) is 3.22. The molecule has 29 heavy (non-hydrogen) atoms. The summed E-state index contributed by atoms with van der Waals surface area (Å²) in [7, 11) is -3.27. The first-order valence-corrected chi connectivity index (χ1v) is 11.3. The Morgan fingerprint density at radius 3 is 2.66 bits per heavy atom. The first-order valence-electron chi connectivity index (χ1n) is 9.25. The minimum absolute atomic E-state index is 0.153. The van der Waals surface area contributed by atoms with Crippen LogP contribution in [-0.2, 0) is 20.3 Å². The fraction of sp³-hybridized carbons (Fsp3) is 0.421. The van der Waals surface area contributed by atoms with E-state index in [1.165, 1.54) is 6.26 Å². The lowest BCUT2D eigenvalue weighted by Gasteiger charge is -2.36. The molecule has 0 spiro atoms. The van der Waals surface area contributed by atoms with E-state index in [-0.39, 0.29) is 11.8 Å². The summed E-state index contributed by atoms with van der Waals surface area (Å²) in [6.07, 6.45) is 0.894. The van der Waals surface area contributed by atoms with Crippen molar-refractivity contribution in [3.05, 3.63) is 36.0 Å². The zero-order chi connectivity index (χ0) is 21.0. The maximum absolute atomic E-state index is 11.8. The fourth-order valence-corrected chi connectivity index (χ4v) is 3.91. The van der Waals surface area contributed by atoms with Crippen molar-refractivity contribution in [2.45, 2.75) is 25.1 Å². The van der Waals surface area contributed by atoms with Crippen molar-refractivity contribution in [3.63, 3.8) is 0 Å². The number of ether oxygens (including phenoxy) is 1. The summed E-state index contributed by atoms with van der Waals surface area (Å²) < 4.78 is 29.3. The minimum atomic E-state index is -3.27. The number of morpholine rings is 1. The van der Waals surface area contributed by atoms with Gasteiger partial charge >= 0.3 is 6.09 Å². The molecule has 156 valence electrons. The summed E-state index contributed by atoms with van der Waals surface area (Å²) in [4.78, 5) is 22.0. The Morgan fingerprint density at radius 2 is 2.03 bits per heavy atom. The van der Waals surface area contributed by atoms with Crippen molar-refractivity contribution in [1.29, 1.82) is 0 Å². The topological polar surface area (TPSA) is 122 Å². The SMILES string of the molecule is CC[C@H]1COCCN1c1cc(CS(C)(=O)=O)nc(-c2ccc(NC(=O)O)cc2)n1. The Bertz CT molecular complexity index is 979. The molecule has 2 aromatic rings. The predicted octanol–water partition coefficient (Wildman–Crippen LogP) is 2.39. The van der Waals surface area contributed by atoms with Crippen LogP contribution in [0.15, 0.2) is 30.3 Å². The van der Waals surface area contributed by atoms with Crippen molar-refractivity contribution >= 4 is 27.4 Å². The Hall–Kier alpha value is -2.72. The van der Waals surface area contributed by atoms with Crippen molar-refractivity contribution < 1.29 is 23.1 Å². The van der Waals surface area contributed by atoms with Crippen LogP contribution in [0.4, 0.5) is 16.3 Å². The van der Waals surface area contributed by atoms with Crippen LogP contribution in [0.2, 0.25) is 0 Å². The monoisotopic (exact) mass is 420 g/mol. The number of carbonyl (C=O) groups is 1. The smallest absolute Gasteiger partial charge is 0.409 e. The minimum Gasteiger partial charge on any atom is -0.465 e. The third-order valence-electron chi connectivity index (χ3n) is 4.56. The average Bonchev–Trinajstić information content (AvgIpc) is 2.66. The quantitative estimate of drug-likeness (QED) is 0.731. The Labute approximate surface area is 169 Å². The highest BCUT2D eigenvalue weighted by molar-refractivity contribution is 7.89. The maximum atomic E-state index is 11.8. The molecule has 9 nitrogen and oxygen atoms in total. The van der Waals surface area contributed by atoms with Gasteiger partial charge in [-0.2, -0.15) is 0 Å². The van der Waals surface area contributed by atoms with Crippen LogP contribution < -0.4 is 10.2 Å². The number of aromatic nitrogens is 2. The molecule has 1 aliphatic heterocycles. The molecule has 1 saturated heterocycles. The van der Waals surface area contributed by atoms with Crippen LogP contribution >= 0.6 is 0 Å². The number of hydrogen-bond acceptors (Lipinski definition) is 7. The predicted molar refractivity (Wildman–Crippen MR) is 110 cm³/mol. The van der Waals surface area contributed by atoms with Gasteiger partial charge in [-0.15, -0.1) is 0 Å². The van der Waals surface area contributed by atoms with Gasteiger partial charge in [-0.1, -0.05) is 6.92 Å². The largest absolute Gasteiger partial charge is 0.465 e. The van der Waals surface area contributed by atoms with Crippen molar-refractivity contribution in [3.8, 4) is 11.4 Å². The molecule has 10 heteroatoms. The molecule has 0 aliphatic carbocycles. The number of nitrogens with zero attached hydrogens (tertiary/aromatic N) is 3. The average molecular weight is 420 g/mol. The van der Waals surface area contributed by atoms with Crippen LogP contribution in [-0.4, -0.2) is 61.6 Å². The van der Waals surface area contributed by atoms with Gasteiger partial charge in [0.25, 0.3) is 0 Å². The lowest BCUT2D eigenvalue weighted by atomic mass is 10.1. The van der Waals surface area contributed by atoms with E-state index in [1.54, 1.807) is 30.3 Å². The summed E-state index contributed by atoms with van der Waals surface area (Å²) in [5.41, 5.74) is 1.51. The van der Waals surface area contributed by atoms with Crippen molar-refractivity contribution in [2.24, 2.45) is 0 Å². The van der Waals surface area contributed by atoms with Gasteiger partial charge in [-0.3, -0.25) is 5.32 Å². The van der Waals surface area contributed by atoms with E-state index in [2.05, 4.69) is 27.1 Å². The van der Waals surface area contributed by atoms with Crippen LogP contribution in [0.25, 0.3) is 11.4 Å². The van der Waals surface area contributed by atoms with Crippen molar-refractivity contribution in [1.82, 2.24) is 9.97 Å². The first-order chi connectivity index (χ1) is 13.7. The molecule has 1 aromatic carbocycles. The summed E-state index contributed by atoms with van der Waals surface area (Å²) >= 11 is 0. The molecule has 0 radical (unpaired) electrons. The number of sulfone groups is 1. The lowest BCUT2D eigenvalue weighted by Crippen LogP contribution is -2.45. The van der Waals surface area contributed by atoms with Gasteiger partial charge in [0.1, 0.15) is 5.82 Å². The van der Waals surface area contributed by atoms with Crippen LogP contribution in [0.5, 0.6) is 0 Å². The number of anilines is 2. The summed E-state index contributed by atoms with van der Waals surface area (Å²) in [5, 5.41) is 11.1. The second-order valence-corrected chi connectivity index (χ2v) is 9.09. The lowest BCUT2D eigenvalue weighted by molar-refractivity contribution is 0.0925. The molecule has 0 saturated carbocycles. The Morgan fingerprint density at radius 1 is 1.31 bits per heavy atom. The van der Waals surface area contributed by atoms with Gasteiger partial charge in [0, 0.05) is 30.1 Å². The molecular weight excluding hydrogens is 396 g/mol. The molecule has 1 aliphatic rings. The van der Waals surface area contributed by atoms with Gasteiger partial charge in [0.15, 0.2) is 15.7 Å². The highest BCUT2D eigenvalue weighted by atomic mass is 32.2. The van der Waals surface area contributed by atoms with Crippen LogP contribution in [0, 0.1) is 0 Å².